The van der Waals surface area contributed by atoms with Gasteiger partial charge in [0.25, 0.3) is 0 Å². The summed E-state index contributed by atoms with van der Waals surface area (Å²) in [5.74, 6) is 0.0957. The summed E-state index contributed by atoms with van der Waals surface area (Å²) in [7, 11) is 0. The molecule has 0 radical (unpaired) electrons. The van der Waals surface area contributed by atoms with Crippen molar-refractivity contribution in [3.05, 3.63) is 23.3 Å². The number of amides is 1. The highest BCUT2D eigenvalue weighted by Crippen LogP contribution is 2.22. The molecule has 0 saturated heterocycles. The Balaban J connectivity index is 2.51. The van der Waals surface area contributed by atoms with Gasteiger partial charge in [-0.1, -0.05) is 26.2 Å². The second-order valence-corrected chi connectivity index (χ2v) is 4.88. The fourth-order valence-electron chi connectivity index (χ4n) is 1.90. The van der Waals surface area contributed by atoms with Crippen LogP contribution in [0, 0.1) is 13.8 Å². The quantitative estimate of drug-likeness (QED) is 0.594. The largest absolute Gasteiger partial charge is 0.399 e. The molecule has 0 fully saturated rings. The zero-order valence-electron chi connectivity index (χ0n) is 11.7. The number of hydrogen-bond acceptors (Lipinski definition) is 2. The molecule has 0 atom stereocenters. The van der Waals surface area contributed by atoms with Crippen LogP contribution in [-0.2, 0) is 4.79 Å². The first-order valence-electron chi connectivity index (χ1n) is 6.71. The van der Waals surface area contributed by atoms with E-state index in [4.69, 9.17) is 5.73 Å². The van der Waals surface area contributed by atoms with Crippen LogP contribution >= 0.6 is 0 Å². The molecule has 3 nitrogen and oxygen atoms in total. The van der Waals surface area contributed by atoms with E-state index in [1.54, 1.807) is 0 Å². The first-order chi connectivity index (χ1) is 8.54. The molecule has 0 aliphatic heterocycles. The molecule has 0 bridgehead atoms. The minimum Gasteiger partial charge on any atom is -0.399 e. The lowest BCUT2D eigenvalue weighted by Crippen LogP contribution is -2.12. The molecular formula is C15H24N2O. The zero-order valence-corrected chi connectivity index (χ0v) is 11.7. The second kappa shape index (κ2) is 7.04. The van der Waals surface area contributed by atoms with Gasteiger partial charge < -0.3 is 11.1 Å². The Bertz CT molecular complexity index is 413. The number of hydrogen-bond donors (Lipinski definition) is 2. The van der Waals surface area contributed by atoms with Crippen molar-refractivity contribution in [2.45, 2.75) is 52.9 Å². The van der Waals surface area contributed by atoms with Crippen molar-refractivity contribution in [2.75, 3.05) is 11.1 Å². The van der Waals surface area contributed by atoms with Crippen molar-refractivity contribution in [3.8, 4) is 0 Å². The predicted octanol–water partition coefficient (Wildman–Crippen LogP) is 3.79. The fourth-order valence-corrected chi connectivity index (χ4v) is 1.90. The van der Waals surface area contributed by atoms with E-state index in [-0.39, 0.29) is 5.91 Å². The Kier molecular flexibility index (Phi) is 5.69. The molecular weight excluding hydrogens is 224 g/mol. The molecule has 3 N–H and O–H groups in total. The molecule has 3 heteroatoms. The van der Waals surface area contributed by atoms with Gasteiger partial charge in [0.1, 0.15) is 0 Å². The summed E-state index contributed by atoms with van der Waals surface area (Å²) in [6, 6.07) is 3.84. The molecule has 0 aliphatic rings. The summed E-state index contributed by atoms with van der Waals surface area (Å²) in [6.45, 7) is 6.08. The average molecular weight is 248 g/mol. The number of benzene rings is 1. The van der Waals surface area contributed by atoms with Gasteiger partial charge in [-0.3, -0.25) is 4.79 Å². The highest BCUT2D eigenvalue weighted by molar-refractivity contribution is 5.91. The monoisotopic (exact) mass is 248 g/mol. The summed E-state index contributed by atoms with van der Waals surface area (Å²) < 4.78 is 0. The lowest BCUT2D eigenvalue weighted by Gasteiger charge is -2.11. The number of nitrogens with one attached hydrogen (secondary N) is 1. The van der Waals surface area contributed by atoms with Crippen LogP contribution in [0.15, 0.2) is 12.1 Å². The van der Waals surface area contributed by atoms with E-state index in [0.29, 0.717) is 6.42 Å². The Labute approximate surface area is 110 Å². The van der Waals surface area contributed by atoms with Gasteiger partial charge >= 0.3 is 0 Å². The maximum absolute atomic E-state index is 11.8. The smallest absolute Gasteiger partial charge is 0.224 e. The summed E-state index contributed by atoms with van der Waals surface area (Å²) in [5.41, 5.74) is 9.49. The maximum atomic E-state index is 11.8. The van der Waals surface area contributed by atoms with Crippen LogP contribution in [0.1, 0.15) is 50.2 Å². The van der Waals surface area contributed by atoms with Crippen LogP contribution in [0.2, 0.25) is 0 Å². The molecule has 0 unspecified atom stereocenters. The lowest BCUT2D eigenvalue weighted by atomic mass is 10.1. The number of carbonyl (C=O) groups excluding carboxylic acids is 1. The van der Waals surface area contributed by atoms with Gasteiger partial charge in [0.05, 0.1) is 0 Å². The maximum Gasteiger partial charge on any atom is 0.224 e. The molecule has 0 aromatic heterocycles. The minimum absolute atomic E-state index is 0.0957. The van der Waals surface area contributed by atoms with Crippen molar-refractivity contribution in [2.24, 2.45) is 0 Å². The third kappa shape index (κ3) is 4.40. The Hall–Kier alpha value is -1.51. The first kappa shape index (κ1) is 14.6. The molecule has 18 heavy (non-hydrogen) atoms. The number of aryl methyl sites for hydroxylation is 2. The number of nitrogen functional groups attached to an aromatic ring is 1. The molecule has 1 aromatic rings. The normalized spacial score (nSPS) is 10.4. The Morgan fingerprint density at radius 3 is 2.56 bits per heavy atom. The lowest BCUT2D eigenvalue weighted by molar-refractivity contribution is -0.116. The summed E-state index contributed by atoms with van der Waals surface area (Å²) in [6.07, 6.45) is 5.09. The molecule has 100 valence electrons. The number of rotatable bonds is 6. The highest BCUT2D eigenvalue weighted by Gasteiger charge is 2.06. The van der Waals surface area contributed by atoms with Crippen LogP contribution in [0.4, 0.5) is 11.4 Å². The molecule has 1 rings (SSSR count). The van der Waals surface area contributed by atoms with E-state index in [0.717, 1.165) is 35.3 Å². The van der Waals surface area contributed by atoms with Gasteiger partial charge in [-0.05, 0) is 43.5 Å². The van der Waals surface area contributed by atoms with E-state index >= 15 is 0 Å². The van der Waals surface area contributed by atoms with E-state index in [9.17, 15) is 4.79 Å². The van der Waals surface area contributed by atoms with Crippen LogP contribution < -0.4 is 11.1 Å². The van der Waals surface area contributed by atoms with E-state index < -0.39 is 0 Å². The van der Waals surface area contributed by atoms with Crippen molar-refractivity contribution in [1.29, 1.82) is 0 Å². The molecule has 0 aliphatic carbocycles. The molecule has 0 saturated carbocycles. The molecule has 1 amide bonds. The third-order valence-corrected chi connectivity index (χ3v) is 3.14. The van der Waals surface area contributed by atoms with Crippen molar-refractivity contribution in [1.82, 2.24) is 0 Å². The van der Waals surface area contributed by atoms with Crippen molar-refractivity contribution in [3.63, 3.8) is 0 Å². The fraction of sp³-hybridized carbons (Fsp3) is 0.533. The molecule has 0 heterocycles. The van der Waals surface area contributed by atoms with Gasteiger partial charge in [0.2, 0.25) is 5.91 Å². The Morgan fingerprint density at radius 2 is 1.89 bits per heavy atom. The summed E-state index contributed by atoms with van der Waals surface area (Å²) in [4.78, 5) is 11.8. The van der Waals surface area contributed by atoms with Crippen molar-refractivity contribution >= 4 is 17.3 Å². The molecule has 1 aromatic carbocycles. The van der Waals surface area contributed by atoms with Gasteiger partial charge in [-0.2, -0.15) is 0 Å². The number of nitrogens with two attached hydrogens (primary N) is 1. The van der Waals surface area contributed by atoms with Gasteiger partial charge in [-0.15, -0.1) is 0 Å². The number of anilines is 2. The molecule has 0 spiro atoms. The van der Waals surface area contributed by atoms with E-state index in [2.05, 4.69) is 12.2 Å². The number of carbonyl (C=O) groups is 1. The third-order valence-electron chi connectivity index (χ3n) is 3.14. The van der Waals surface area contributed by atoms with Crippen LogP contribution in [0.25, 0.3) is 0 Å². The second-order valence-electron chi connectivity index (χ2n) is 4.88. The Morgan fingerprint density at radius 1 is 1.17 bits per heavy atom. The van der Waals surface area contributed by atoms with Crippen LogP contribution in [0.3, 0.4) is 0 Å². The zero-order chi connectivity index (χ0) is 13.5. The average Bonchev–Trinajstić information content (AvgIpc) is 2.32. The highest BCUT2D eigenvalue weighted by atomic mass is 16.1. The first-order valence-corrected chi connectivity index (χ1v) is 6.71. The van der Waals surface area contributed by atoms with Gasteiger partial charge in [0.15, 0.2) is 0 Å². The summed E-state index contributed by atoms with van der Waals surface area (Å²) in [5, 5.41) is 2.96. The van der Waals surface area contributed by atoms with E-state index in [1.807, 2.05) is 26.0 Å². The van der Waals surface area contributed by atoms with Gasteiger partial charge in [0, 0.05) is 17.8 Å². The minimum atomic E-state index is 0.0957. The predicted molar refractivity (Wildman–Crippen MR) is 77.7 cm³/mol. The number of unbranched alkanes of at least 4 members (excludes halogenated alkanes) is 3. The van der Waals surface area contributed by atoms with Crippen LogP contribution in [0.5, 0.6) is 0 Å². The van der Waals surface area contributed by atoms with E-state index in [1.165, 1.54) is 12.8 Å². The van der Waals surface area contributed by atoms with Gasteiger partial charge in [-0.25, -0.2) is 0 Å². The SMILES string of the molecule is CCCCCCC(=O)Nc1cc(C)c(N)cc1C. The summed E-state index contributed by atoms with van der Waals surface area (Å²) >= 11 is 0. The topological polar surface area (TPSA) is 55.1 Å². The van der Waals surface area contributed by atoms with Crippen molar-refractivity contribution < 1.29 is 4.79 Å². The van der Waals surface area contributed by atoms with Crippen LogP contribution in [-0.4, -0.2) is 5.91 Å². The standard InChI is InChI=1S/C15H24N2O/c1-4-5-6-7-8-15(18)17-14-10-11(2)13(16)9-12(14)3/h9-10H,4-8,16H2,1-3H3,(H,17,18).